The third-order valence-electron chi connectivity index (χ3n) is 7.35. The lowest BCUT2D eigenvalue weighted by Crippen LogP contribution is -2.47. The van der Waals surface area contributed by atoms with Gasteiger partial charge in [-0.05, 0) is 31.0 Å². The second kappa shape index (κ2) is 12.2. The minimum absolute atomic E-state index is 0.0528. The van der Waals surface area contributed by atoms with E-state index >= 15 is 0 Å². The number of para-hydroxylation sites is 1. The number of likely N-dealkylation sites (N-methyl/N-ethyl adjacent to an activating group) is 1. The van der Waals surface area contributed by atoms with Crippen LogP contribution in [-0.4, -0.2) is 79.2 Å². The Balaban J connectivity index is 1.50. The van der Waals surface area contributed by atoms with Crippen molar-refractivity contribution < 1.29 is 23.8 Å². The van der Waals surface area contributed by atoms with Gasteiger partial charge < -0.3 is 28.9 Å². The molecular formula is C30H34N4O5S. The average Bonchev–Trinajstić information content (AvgIpc) is 3.37. The highest BCUT2D eigenvalue weighted by atomic mass is 32.2. The SMILES string of the molecule is COc1cccc([C@H]2C(C(=O)OCc3ccccc3)=C(C)N=C3SC=C(CC(=O)N4CCN(C)CC4)N32)c1OC. The lowest BCUT2D eigenvalue weighted by atomic mass is 9.92. The van der Waals surface area contributed by atoms with Gasteiger partial charge in [-0.2, -0.15) is 0 Å². The van der Waals surface area contributed by atoms with Gasteiger partial charge in [0.2, 0.25) is 5.91 Å². The van der Waals surface area contributed by atoms with E-state index < -0.39 is 12.0 Å². The molecule has 0 aliphatic carbocycles. The summed E-state index contributed by atoms with van der Waals surface area (Å²) in [5.74, 6) is 0.640. The standard InChI is InChI=1S/C30H34N4O5S/c1-20-26(29(36)39-18-21-9-6-5-7-10-21)27(23-11-8-12-24(37-3)28(23)38-4)34-22(19-40-30(34)31-20)17-25(35)33-15-13-32(2)14-16-33/h5-12,19,27H,13-18H2,1-4H3/t27-/m0/s1. The molecule has 5 rings (SSSR count). The summed E-state index contributed by atoms with van der Waals surface area (Å²) in [6, 6.07) is 14.5. The number of amidine groups is 1. The molecule has 3 heterocycles. The van der Waals surface area contributed by atoms with E-state index in [2.05, 4.69) is 11.9 Å². The smallest absolute Gasteiger partial charge is 0.338 e. The number of carbonyl (C=O) groups is 2. The van der Waals surface area contributed by atoms with Gasteiger partial charge in [0.15, 0.2) is 16.7 Å². The van der Waals surface area contributed by atoms with E-state index in [1.165, 1.54) is 11.8 Å². The molecule has 0 spiro atoms. The molecule has 10 heteroatoms. The van der Waals surface area contributed by atoms with Crippen LogP contribution in [0, 0.1) is 0 Å². The first kappa shape index (κ1) is 27.8. The van der Waals surface area contributed by atoms with E-state index in [-0.39, 0.29) is 18.9 Å². The van der Waals surface area contributed by atoms with Crippen LogP contribution in [0.5, 0.6) is 11.5 Å². The van der Waals surface area contributed by atoms with Gasteiger partial charge in [-0.25, -0.2) is 9.79 Å². The van der Waals surface area contributed by atoms with Crippen molar-refractivity contribution in [2.75, 3.05) is 47.4 Å². The third-order valence-corrected chi connectivity index (χ3v) is 8.24. The van der Waals surface area contributed by atoms with E-state index in [9.17, 15) is 9.59 Å². The summed E-state index contributed by atoms with van der Waals surface area (Å²) in [4.78, 5) is 38.0. The summed E-state index contributed by atoms with van der Waals surface area (Å²) in [6.45, 7) is 5.03. The maximum absolute atomic E-state index is 13.8. The van der Waals surface area contributed by atoms with Crippen molar-refractivity contribution in [1.82, 2.24) is 14.7 Å². The molecule has 9 nitrogen and oxygen atoms in total. The number of rotatable bonds is 8. The Bertz CT molecular complexity index is 1370. The van der Waals surface area contributed by atoms with Crippen LogP contribution in [0.3, 0.4) is 0 Å². The topological polar surface area (TPSA) is 83.9 Å². The summed E-state index contributed by atoms with van der Waals surface area (Å²) in [6.07, 6.45) is 0.198. The highest BCUT2D eigenvalue weighted by Crippen LogP contribution is 2.48. The molecule has 0 bridgehead atoms. The molecule has 0 N–H and O–H groups in total. The maximum Gasteiger partial charge on any atom is 0.338 e. The fourth-order valence-electron chi connectivity index (χ4n) is 5.18. The number of fused-ring (bicyclic) bond motifs is 1. The zero-order valence-electron chi connectivity index (χ0n) is 23.3. The lowest BCUT2D eigenvalue weighted by molar-refractivity contribution is -0.141. The monoisotopic (exact) mass is 562 g/mol. The highest BCUT2D eigenvalue weighted by Gasteiger charge is 2.43. The van der Waals surface area contributed by atoms with E-state index in [4.69, 9.17) is 19.2 Å². The molecule has 1 atom stereocenters. The molecule has 1 saturated heterocycles. The first-order valence-corrected chi connectivity index (χ1v) is 14.1. The Morgan fingerprint density at radius 3 is 2.45 bits per heavy atom. The number of thioether (sulfide) groups is 1. The van der Waals surface area contributed by atoms with Gasteiger partial charge in [-0.15, -0.1) is 0 Å². The van der Waals surface area contributed by atoms with Gasteiger partial charge in [0.25, 0.3) is 0 Å². The number of amides is 1. The lowest BCUT2D eigenvalue weighted by Gasteiger charge is -2.38. The summed E-state index contributed by atoms with van der Waals surface area (Å²) in [5.41, 5.74) is 3.35. The molecule has 0 radical (unpaired) electrons. The number of aliphatic imine (C=N–C) groups is 1. The summed E-state index contributed by atoms with van der Waals surface area (Å²) in [7, 11) is 5.22. The van der Waals surface area contributed by atoms with Crippen LogP contribution < -0.4 is 9.47 Å². The Morgan fingerprint density at radius 1 is 1.00 bits per heavy atom. The van der Waals surface area contributed by atoms with Crippen LogP contribution in [0.15, 0.2) is 75.9 Å². The van der Waals surface area contributed by atoms with Crippen LogP contribution in [0.2, 0.25) is 0 Å². The largest absolute Gasteiger partial charge is 0.493 e. The number of carbonyl (C=O) groups excluding carboxylic acids is 2. The number of methoxy groups -OCH3 is 2. The van der Waals surface area contributed by atoms with E-state index in [1.54, 1.807) is 14.2 Å². The van der Waals surface area contributed by atoms with Crippen molar-refractivity contribution in [1.29, 1.82) is 0 Å². The van der Waals surface area contributed by atoms with Crippen molar-refractivity contribution in [2.24, 2.45) is 4.99 Å². The van der Waals surface area contributed by atoms with E-state index in [1.807, 2.05) is 70.7 Å². The van der Waals surface area contributed by atoms with Gasteiger partial charge in [-0.1, -0.05) is 54.2 Å². The molecule has 3 aliphatic rings. The van der Waals surface area contributed by atoms with Gasteiger partial charge in [0.1, 0.15) is 6.61 Å². The third kappa shape index (κ3) is 5.59. The zero-order valence-corrected chi connectivity index (χ0v) is 24.1. The van der Waals surface area contributed by atoms with Crippen LogP contribution >= 0.6 is 11.8 Å². The normalized spacial score (nSPS) is 19.1. The van der Waals surface area contributed by atoms with Crippen LogP contribution in [-0.2, 0) is 20.9 Å². The Morgan fingerprint density at radius 2 is 1.75 bits per heavy atom. The molecule has 0 unspecified atom stereocenters. The van der Waals surface area contributed by atoms with Gasteiger partial charge >= 0.3 is 5.97 Å². The number of nitrogens with zero attached hydrogens (tertiary/aromatic N) is 4. The predicted molar refractivity (Wildman–Crippen MR) is 155 cm³/mol. The fourth-order valence-corrected chi connectivity index (χ4v) is 6.14. The van der Waals surface area contributed by atoms with Gasteiger partial charge in [0.05, 0.1) is 38.0 Å². The minimum atomic E-state index is -0.623. The Hall–Kier alpha value is -3.76. The number of benzene rings is 2. The quantitative estimate of drug-likeness (QED) is 0.443. The van der Waals surface area contributed by atoms with Crippen molar-refractivity contribution in [3.8, 4) is 11.5 Å². The first-order valence-electron chi connectivity index (χ1n) is 13.2. The van der Waals surface area contributed by atoms with Gasteiger partial charge in [-0.3, -0.25) is 4.79 Å². The number of ether oxygens (including phenoxy) is 3. The minimum Gasteiger partial charge on any atom is -0.493 e. The number of esters is 1. The number of hydrogen-bond donors (Lipinski definition) is 0. The van der Waals surface area contributed by atoms with Crippen LogP contribution in [0.4, 0.5) is 0 Å². The molecular weight excluding hydrogens is 528 g/mol. The summed E-state index contributed by atoms with van der Waals surface area (Å²) < 4.78 is 17.2. The fraction of sp³-hybridized carbons (Fsp3) is 0.367. The molecule has 210 valence electrons. The van der Waals surface area contributed by atoms with E-state index in [0.29, 0.717) is 41.0 Å². The van der Waals surface area contributed by atoms with Crippen molar-refractivity contribution in [2.45, 2.75) is 26.0 Å². The van der Waals surface area contributed by atoms with Gasteiger partial charge in [0, 0.05) is 37.4 Å². The molecule has 0 saturated carbocycles. The van der Waals surface area contributed by atoms with Crippen molar-refractivity contribution in [3.63, 3.8) is 0 Å². The van der Waals surface area contributed by atoms with Crippen LogP contribution in [0.1, 0.15) is 30.5 Å². The Labute approximate surface area is 239 Å². The van der Waals surface area contributed by atoms with E-state index in [0.717, 1.165) is 29.9 Å². The summed E-state index contributed by atoms with van der Waals surface area (Å²) >= 11 is 1.45. The number of allylic oxidation sites excluding steroid dienone is 1. The molecule has 0 aromatic heterocycles. The summed E-state index contributed by atoms with van der Waals surface area (Å²) in [5, 5.41) is 2.66. The Kier molecular flexibility index (Phi) is 8.46. The molecule has 3 aliphatic heterocycles. The van der Waals surface area contributed by atoms with Crippen molar-refractivity contribution >= 4 is 28.8 Å². The molecule has 1 amide bonds. The second-order valence-electron chi connectivity index (χ2n) is 9.90. The average molecular weight is 563 g/mol. The second-order valence-corrected chi connectivity index (χ2v) is 10.7. The first-order chi connectivity index (χ1) is 19.4. The zero-order chi connectivity index (χ0) is 28.2. The molecule has 1 fully saturated rings. The predicted octanol–water partition coefficient (Wildman–Crippen LogP) is 4.19. The maximum atomic E-state index is 13.8. The molecule has 2 aromatic rings. The number of hydrogen-bond acceptors (Lipinski definition) is 9. The van der Waals surface area contributed by atoms with Crippen molar-refractivity contribution in [3.05, 3.63) is 82.0 Å². The molecule has 40 heavy (non-hydrogen) atoms. The number of piperazine rings is 1. The molecule has 2 aromatic carbocycles. The highest BCUT2D eigenvalue weighted by molar-refractivity contribution is 8.16. The van der Waals surface area contributed by atoms with Crippen LogP contribution in [0.25, 0.3) is 0 Å².